The Morgan fingerprint density at radius 3 is 2.50 bits per heavy atom. The van der Waals surface area contributed by atoms with Crippen LogP contribution in [0.4, 0.5) is 0 Å². The fraction of sp³-hybridized carbons (Fsp3) is 0.407. The monoisotopic (exact) mass is 450 g/mol. The first-order valence-corrected chi connectivity index (χ1v) is 12.0. The molecular weight excluding hydrogens is 420 g/mol. The summed E-state index contributed by atoms with van der Waals surface area (Å²) in [4.78, 5) is 5.18. The summed E-state index contributed by atoms with van der Waals surface area (Å²) in [6.45, 7) is 6.66. The summed E-state index contributed by atoms with van der Waals surface area (Å²) in [6, 6.07) is 23.6. The highest BCUT2D eigenvalue weighted by molar-refractivity contribution is 6.30. The van der Waals surface area contributed by atoms with E-state index >= 15 is 0 Å². The highest BCUT2D eigenvalue weighted by Gasteiger charge is 2.29. The molecule has 2 aliphatic heterocycles. The Balaban J connectivity index is 1.09. The van der Waals surface area contributed by atoms with Gasteiger partial charge in [-0.25, -0.2) is 0 Å². The van der Waals surface area contributed by atoms with Crippen LogP contribution in [0, 0.1) is 0 Å². The minimum atomic E-state index is 0.127. The van der Waals surface area contributed by atoms with Gasteiger partial charge in [0, 0.05) is 30.7 Å². The second-order valence-corrected chi connectivity index (χ2v) is 9.38. The van der Waals surface area contributed by atoms with Gasteiger partial charge in [0.05, 0.1) is 6.61 Å². The minimum Gasteiger partial charge on any atom is -0.491 e. The molecule has 0 aromatic heterocycles. The molecule has 1 atom stereocenters. The number of likely N-dealkylation sites (tertiary alicyclic amines) is 1. The molecule has 0 aliphatic carbocycles. The molecular formula is C27H31ClN2O2. The summed E-state index contributed by atoms with van der Waals surface area (Å²) >= 11 is 6.01. The van der Waals surface area contributed by atoms with Gasteiger partial charge in [-0.15, -0.1) is 0 Å². The molecule has 0 N–H and O–H groups in total. The van der Waals surface area contributed by atoms with Crippen molar-refractivity contribution in [3.8, 4) is 5.75 Å². The third kappa shape index (κ3) is 5.44. The molecule has 1 unspecified atom stereocenters. The van der Waals surface area contributed by atoms with Crippen molar-refractivity contribution in [3.63, 3.8) is 0 Å². The van der Waals surface area contributed by atoms with Crippen molar-refractivity contribution >= 4 is 22.4 Å². The normalized spacial score (nSPS) is 21.1. The predicted octanol–water partition coefficient (Wildman–Crippen LogP) is 5.24. The summed E-state index contributed by atoms with van der Waals surface area (Å²) in [5.74, 6) is 0.917. The second-order valence-electron chi connectivity index (χ2n) is 8.94. The standard InChI is InChI=1S/C27H31ClN2O2/c28-24-8-5-21(6-9-24)18-29-13-11-25(12-14-29)30-15-16-31-27(19-30)20-32-26-10-7-22-3-1-2-4-23(22)17-26/h1-10,17,25,27H,11-16,18-20H2. The molecule has 168 valence electrons. The molecule has 2 aliphatic rings. The van der Waals surface area contributed by atoms with Crippen LogP contribution in [0.3, 0.4) is 0 Å². The summed E-state index contributed by atoms with van der Waals surface area (Å²) in [7, 11) is 0. The van der Waals surface area contributed by atoms with Gasteiger partial charge in [-0.3, -0.25) is 9.80 Å². The van der Waals surface area contributed by atoms with Crippen molar-refractivity contribution in [2.45, 2.75) is 31.5 Å². The molecule has 5 heteroatoms. The maximum atomic E-state index is 6.11. The maximum absolute atomic E-state index is 6.11. The van der Waals surface area contributed by atoms with Crippen molar-refractivity contribution in [1.29, 1.82) is 0 Å². The van der Waals surface area contributed by atoms with Crippen LogP contribution in [0.1, 0.15) is 18.4 Å². The van der Waals surface area contributed by atoms with E-state index in [-0.39, 0.29) is 6.10 Å². The quantitative estimate of drug-likeness (QED) is 0.513. The number of hydrogen-bond donors (Lipinski definition) is 0. The lowest BCUT2D eigenvalue weighted by atomic mass is 10.0. The molecule has 3 aromatic rings. The molecule has 0 saturated carbocycles. The van der Waals surface area contributed by atoms with Crippen molar-refractivity contribution in [3.05, 3.63) is 77.3 Å². The van der Waals surface area contributed by atoms with Crippen LogP contribution < -0.4 is 4.74 Å². The van der Waals surface area contributed by atoms with Gasteiger partial charge in [0.1, 0.15) is 18.5 Å². The number of benzene rings is 3. The minimum absolute atomic E-state index is 0.127. The van der Waals surface area contributed by atoms with Crippen LogP contribution >= 0.6 is 11.6 Å². The summed E-state index contributed by atoms with van der Waals surface area (Å²) in [5, 5.41) is 3.25. The third-order valence-electron chi connectivity index (χ3n) is 6.72. The molecule has 0 bridgehead atoms. The van der Waals surface area contributed by atoms with Gasteiger partial charge < -0.3 is 9.47 Å². The van der Waals surface area contributed by atoms with Crippen molar-refractivity contribution in [2.24, 2.45) is 0 Å². The smallest absolute Gasteiger partial charge is 0.120 e. The molecule has 32 heavy (non-hydrogen) atoms. The van der Waals surface area contributed by atoms with Gasteiger partial charge in [0.25, 0.3) is 0 Å². The first-order chi connectivity index (χ1) is 15.7. The average Bonchev–Trinajstić information content (AvgIpc) is 2.85. The van der Waals surface area contributed by atoms with Gasteiger partial charge in [-0.2, -0.15) is 0 Å². The SMILES string of the molecule is Clc1ccc(CN2CCC(N3CCOC(COc4ccc5ccccc5c4)C3)CC2)cc1. The Kier molecular flexibility index (Phi) is 6.94. The first kappa shape index (κ1) is 21.7. The number of piperidine rings is 1. The molecule has 4 nitrogen and oxygen atoms in total. The van der Waals surface area contributed by atoms with E-state index in [2.05, 4.69) is 64.4 Å². The highest BCUT2D eigenvalue weighted by atomic mass is 35.5. The van der Waals surface area contributed by atoms with Gasteiger partial charge >= 0.3 is 0 Å². The highest BCUT2D eigenvalue weighted by Crippen LogP contribution is 2.23. The predicted molar refractivity (Wildman–Crippen MR) is 131 cm³/mol. The number of ether oxygens (including phenoxy) is 2. The first-order valence-electron chi connectivity index (χ1n) is 11.7. The molecule has 2 fully saturated rings. The zero-order valence-electron chi connectivity index (χ0n) is 18.5. The Bertz CT molecular complexity index is 1020. The number of halogens is 1. The zero-order chi connectivity index (χ0) is 21.8. The molecule has 0 spiro atoms. The average molecular weight is 451 g/mol. The van der Waals surface area contributed by atoms with E-state index in [0.29, 0.717) is 12.6 Å². The lowest BCUT2D eigenvalue weighted by Gasteiger charge is -2.42. The van der Waals surface area contributed by atoms with E-state index < -0.39 is 0 Å². The van der Waals surface area contributed by atoms with Gasteiger partial charge in [0.15, 0.2) is 0 Å². The number of rotatable bonds is 6. The molecule has 5 rings (SSSR count). The van der Waals surface area contributed by atoms with Crippen LogP contribution in [-0.2, 0) is 11.3 Å². The van der Waals surface area contributed by atoms with E-state index in [1.165, 1.54) is 29.2 Å². The number of fused-ring (bicyclic) bond motifs is 1. The van der Waals surface area contributed by atoms with E-state index in [0.717, 1.165) is 50.1 Å². The van der Waals surface area contributed by atoms with Crippen molar-refractivity contribution in [2.75, 3.05) is 39.4 Å². The Morgan fingerprint density at radius 2 is 1.69 bits per heavy atom. The summed E-state index contributed by atoms with van der Waals surface area (Å²) < 4.78 is 12.1. The fourth-order valence-electron chi connectivity index (χ4n) is 4.91. The maximum Gasteiger partial charge on any atom is 0.120 e. The van der Waals surface area contributed by atoms with Gasteiger partial charge in [-0.1, -0.05) is 54.1 Å². The van der Waals surface area contributed by atoms with Crippen LogP contribution in [0.25, 0.3) is 10.8 Å². The third-order valence-corrected chi connectivity index (χ3v) is 6.97. The van der Waals surface area contributed by atoms with Crippen LogP contribution in [0.15, 0.2) is 66.7 Å². The molecule has 3 aromatic carbocycles. The zero-order valence-corrected chi connectivity index (χ0v) is 19.2. The number of nitrogens with zero attached hydrogens (tertiary/aromatic N) is 2. The second kappa shape index (κ2) is 10.2. The van der Waals surface area contributed by atoms with Crippen LogP contribution in [0.2, 0.25) is 5.02 Å². The fourth-order valence-corrected chi connectivity index (χ4v) is 5.04. The molecule has 2 heterocycles. The molecule has 0 amide bonds. The van der Waals surface area contributed by atoms with E-state index in [4.69, 9.17) is 21.1 Å². The lowest BCUT2D eigenvalue weighted by molar-refractivity contribution is -0.0674. The van der Waals surface area contributed by atoms with Gasteiger partial charge in [-0.05, 0) is 66.5 Å². The van der Waals surface area contributed by atoms with Crippen LogP contribution in [-0.4, -0.2) is 61.3 Å². The number of morpholine rings is 1. The summed E-state index contributed by atoms with van der Waals surface area (Å²) in [6.07, 6.45) is 2.56. The summed E-state index contributed by atoms with van der Waals surface area (Å²) in [5.41, 5.74) is 1.34. The Hall–Kier alpha value is -2.11. The topological polar surface area (TPSA) is 24.9 Å². The lowest BCUT2D eigenvalue weighted by Crippen LogP contribution is -2.52. The molecule has 0 radical (unpaired) electrons. The van der Waals surface area contributed by atoms with Crippen LogP contribution in [0.5, 0.6) is 5.75 Å². The van der Waals surface area contributed by atoms with Gasteiger partial charge in [0.2, 0.25) is 0 Å². The number of hydrogen-bond acceptors (Lipinski definition) is 4. The van der Waals surface area contributed by atoms with E-state index in [1.807, 2.05) is 12.1 Å². The van der Waals surface area contributed by atoms with Crippen molar-refractivity contribution < 1.29 is 9.47 Å². The Morgan fingerprint density at radius 1 is 0.906 bits per heavy atom. The van der Waals surface area contributed by atoms with Crippen molar-refractivity contribution in [1.82, 2.24) is 9.80 Å². The molecule has 2 saturated heterocycles. The van der Waals surface area contributed by atoms with E-state index in [1.54, 1.807) is 0 Å². The van der Waals surface area contributed by atoms with E-state index in [9.17, 15) is 0 Å². The Labute approximate surface area is 195 Å². The largest absolute Gasteiger partial charge is 0.491 e.